The fourth-order valence-corrected chi connectivity index (χ4v) is 2.09. The standard InChI is InChI=1S/C11H17OP/c1-9-5-7-11(8-6-9)10(2)13(3,4)12/h5-8,10H,1-4H3. The SMILES string of the molecule is Cc1ccc(C(C)P(C)(C)=O)cc1. The second kappa shape index (κ2) is 3.67. The van der Waals surface area contributed by atoms with Gasteiger partial charge in [-0.3, -0.25) is 0 Å². The molecule has 0 radical (unpaired) electrons. The van der Waals surface area contributed by atoms with Crippen LogP contribution < -0.4 is 0 Å². The van der Waals surface area contributed by atoms with Crippen molar-refractivity contribution in [3.05, 3.63) is 35.4 Å². The summed E-state index contributed by atoms with van der Waals surface area (Å²) in [5, 5.41) is 0. The van der Waals surface area contributed by atoms with Crippen LogP contribution in [0.2, 0.25) is 0 Å². The molecule has 0 heterocycles. The third kappa shape index (κ3) is 2.70. The van der Waals surface area contributed by atoms with Gasteiger partial charge in [0.1, 0.15) is 0 Å². The molecular weight excluding hydrogens is 179 g/mol. The monoisotopic (exact) mass is 196 g/mol. The fraction of sp³-hybridized carbons (Fsp3) is 0.455. The molecule has 0 aromatic heterocycles. The number of hydrogen-bond donors (Lipinski definition) is 0. The molecule has 0 saturated carbocycles. The van der Waals surface area contributed by atoms with E-state index in [0.717, 1.165) is 0 Å². The molecule has 0 spiro atoms. The molecule has 0 saturated heterocycles. The highest BCUT2D eigenvalue weighted by Crippen LogP contribution is 2.52. The number of aryl methyl sites for hydroxylation is 1. The number of benzene rings is 1. The predicted octanol–water partition coefficient (Wildman–Crippen LogP) is 3.68. The van der Waals surface area contributed by atoms with Gasteiger partial charge in [-0.05, 0) is 25.8 Å². The summed E-state index contributed by atoms with van der Waals surface area (Å²) >= 11 is 0. The molecule has 1 nitrogen and oxygen atoms in total. The Labute approximate surface area is 80.5 Å². The Hall–Kier alpha value is -0.550. The molecular formula is C11H17OP. The highest BCUT2D eigenvalue weighted by molar-refractivity contribution is 7.62. The van der Waals surface area contributed by atoms with Crippen LogP contribution >= 0.6 is 7.14 Å². The Morgan fingerprint density at radius 1 is 1.15 bits per heavy atom. The molecule has 13 heavy (non-hydrogen) atoms. The zero-order chi connectivity index (χ0) is 10.1. The maximum Gasteiger partial charge on any atom is 0.0887 e. The molecule has 1 rings (SSSR count). The summed E-state index contributed by atoms with van der Waals surface area (Å²) in [6.45, 7) is 7.78. The summed E-state index contributed by atoms with van der Waals surface area (Å²) < 4.78 is 11.8. The molecule has 0 bridgehead atoms. The largest absolute Gasteiger partial charge is 0.324 e. The minimum absolute atomic E-state index is 0.174. The van der Waals surface area contributed by atoms with Gasteiger partial charge in [0.25, 0.3) is 0 Å². The topological polar surface area (TPSA) is 17.1 Å². The summed E-state index contributed by atoms with van der Waals surface area (Å²) in [6.07, 6.45) is 0. The van der Waals surface area contributed by atoms with E-state index in [1.807, 2.05) is 20.3 Å². The lowest BCUT2D eigenvalue weighted by Crippen LogP contribution is -1.93. The van der Waals surface area contributed by atoms with Gasteiger partial charge in [-0.25, -0.2) is 0 Å². The summed E-state index contributed by atoms with van der Waals surface area (Å²) in [7, 11) is -1.99. The highest BCUT2D eigenvalue weighted by atomic mass is 31.2. The van der Waals surface area contributed by atoms with Gasteiger partial charge in [0.15, 0.2) is 0 Å². The van der Waals surface area contributed by atoms with E-state index >= 15 is 0 Å². The van der Waals surface area contributed by atoms with Crippen LogP contribution in [-0.2, 0) is 4.57 Å². The van der Waals surface area contributed by atoms with E-state index in [0.29, 0.717) is 0 Å². The normalized spacial score (nSPS) is 14.2. The first-order valence-corrected chi connectivity index (χ1v) is 7.19. The lowest BCUT2D eigenvalue weighted by atomic mass is 10.1. The van der Waals surface area contributed by atoms with Gasteiger partial charge in [-0.1, -0.05) is 36.8 Å². The zero-order valence-corrected chi connectivity index (χ0v) is 9.64. The molecule has 1 aromatic rings. The van der Waals surface area contributed by atoms with Gasteiger partial charge in [0.2, 0.25) is 0 Å². The third-order valence-electron chi connectivity index (χ3n) is 2.49. The summed E-state index contributed by atoms with van der Waals surface area (Å²) in [4.78, 5) is 0. The van der Waals surface area contributed by atoms with Crippen molar-refractivity contribution in [2.75, 3.05) is 13.3 Å². The summed E-state index contributed by atoms with van der Waals surface area (Å²) in [6, 6.07) is 8.28. The molecule has 0 aliphatic rings. The molecule has 1 atom stereocenters. The van der Waals surface area contributed by atoms with Crippen molar-refractivity contribution in [2.45, 2.75) is 19.5 Å². The van der Waals surface area contributed by atoms with Gasteiger partial charge >= 0.3 is 0 Å². The van der Waals surface area contributed by atoms with Crippen molar-refractivity contribution >= 4 is 7.14 Å². The van der Waals surface area contributed by atoms with Crippen LogP contribution in [0.4, 0.5) is 0 Å². The van der Waals surface area contributed by atoms with E-state index < -0.39 is 7.14 Å². The van der Waals surface area contributed by atoms with Crippen molar-refractivity contribution in [2.24, 2.45) is 0 Å². The minimum atomic E-state index is -1.99. The van der Waals surface area contributed by atoms with Crippen LogP contribution in [0, 0.1) is 6.92 Å². The first kappa shape index (κ1) is 10.5. The molecule has 1 aromatic carbocycles. The average Bonchev–Trinajstić information content (AvgIpc) is 2.03. The van der Waals surface area contributed by atoms with E-state index in [1.165, 1.54) is 11.1 Å². The molecule has 0 aliphatic heterocycles. The number of rotatable bonds is 2. The van der Waals surface area contributed by atoms with E-state index in [1.54, 1.807) is 0 Å². The Balaban J connectivity index is 2.97. The summed E-state index contributed by atoms with van der Waals surface area (Å²) in [5.41, 5.74) is 2.60. The third-order valence-corrected chi connectivity index (χ3v) is 4.66. The van der Waals surface area contributed by atoms with Gasteiger partial charge in [-0.15, -0.1) is 0 Å². The molecule has 0 fully saturated rings. The molecule has 1 unspecified atom stereocenters. The fourth-order valence-electron chi connectivity index (χ4n) is 1.20. The van der Waals surface area contributed by atoms with Crippen molar-refractivity contribution in [3.8, 4) is 0 Å². The van der Waals surface area contributed by atoms with Crippen LogP contribution in [0.1, 0.15) is 23.7 Å². The molecule has 72 valence electrons. The molecule has 0 N–H and O–H groups in total. The lowest BCUT2D eigenvalue weighted by molar-refractivity contribution is 0.576. The maximum atomic E-state index is 11.8. The van der Waals surface area contributed by atoms with Gasteiger partial charge in [0, 0.05) is 5.66 Å². The maximum absolute atomic E-state index is 11.8. The zero-order valence-electron chi connectivity index (χ0n) is 8.74. The number of hydrogen-bond acceptors (Lipinski definition) is 1. The quantitative estimate of drug-likeness (QED) is 0.659. The van der Waals surface area contributed by atoms with E-state index in [9.17, 15) is 4.57 Å². The first-order chi connectivity index (χ1) is 5.91. The Morgan fingerprint density at radius 3 is 2.00 bits per heavy atom. The molecule has 0 amide bonds. The minimum Gasteiger partial charge on any atom is -0.324 e. The Bertz CT molecular complexity index is 320. The van der Waals surface area contributed by atoms with Gasteiger partial charge < -0.3 is 4.57 Å². The van der Waals surface area contributed by atoms with Crippen LogP contribution in [0.5, 0.6) is 0 Å². The van der Waals surface area contributed by atoms with Crippen molar-refractivity contribution in [1.82, 2.24) is 0 Å². The van der Waals surface area contributed by atoms with Gasteiger partial charge in [0.05, 0.1) is 7.14 Å². The molecule has 2 heteroatoms. The molecule has 0 aliphatic carbocycles. The van der Waals surface area contributed by atoms with Crippen molar-refractivity contribution in [3.63, 3.8) is 0 Å². The van der Waals surface area contributed by atoms with Crippen molar-refractivity contribution < 1.29 is 4.57 Å². The van der Waals surface area contributed by atoms with E-state index in [-0.39, 0.29) is 5.66 Å². The van der Waals surface area contributed by atoms with Crippen LogP contribution in [0.15, 0.2) is 24.3 Å². The van der Waals surface area contributed by atoms with Crippen LogP contribution in [0.25, 0.3) is 0 Å². The highest BCUT2D eigenvalue weighted by Gasteiger charge is 2.19. The van der Waals surface area contributed by atoms with Crippen LogP contribution in [-0.4, -0.2) is 13.3 Å². The summed E-state index contributed by atoms with van der Waals surface area (Å²) in [5.74, 6) is 0. The smallest absolute Gasteiger partial charge is 0.0887 e. The Morgan fingerprint density at radius 2 is 1.62 bits per heavy atom. The van der Waals surface area contributed by atoms with Crippen molar-refractivity contribution in [1.29, 1.82) is 0 Å². The van der Waals surface area contributed by atoms with Gasteiger partial charge in [-0.2, -0.15) is 0 Å². The predicted molar refractivity (Wildman–Crippen MR) is 59.0 cm³/mol. The van der Waals surface area contributed by atoms with Crippen LogP contribution in [0.3, 0.4) is 0 Å². The van der Waals surface area contributed by atoms with E-state index in [2.05, 4.69) is 31.2 Å². The average molecular weight is 196 g/mol. The first-order valence-electron chi connectivity index (χ1n) is 4.52. The second-order valence-electron chi connectivity index (χ2n) is 4.02. The van der Waals surface area contributed by atoms with E-state index in [4.69, 9.17) is 0 Å². The second-order valence-corrected chi connectivity index (χ2v) is 7.66. The Kier molecular flexibility index (Phi) is 2.98. The lowest BCUT2D eigenvalue weighted by Gasteiger charge is -2.16.